The lowest BCUT2D eigenvalue weighted by Gasteiger charge is -2.32. The van der Waals surface area contributed by atoms with E-state index in [1.165, 1.54) is 16.7 Å². The van der Waals surface area contributed by atoms with Crippen LogP contribution in [0.5, 0.6) is 0 Å². The number of fused-ring (bicyclic) bond motifs is 4. The van der Waals surface area contributed by atoms with Crippen LogP contribution in [0.4, 0.5) is 11.4 Å². The first-order valence-corrected chi connectivity index (χ1v) is 25.3. The van der Waals surface area contributed by atoms with Crippen LogP contribution >= 0.6 is 0 Å². The van der Waals surface area contributed by atoms with Gasteiger partial charge in [-0.2, -0.15) is 0 Å². The van der Waals surface area contributed by atoms with E-state index >= 15 is 0 Å². The number of rotatable bonds is 20. The van der Waals surface area contributed by atoms with Crippen LogP contribution in [0, 0.1) is 0 Å². The molecule has 4 aromatic rings. The molecule has 2 aliphatic carbocycles. The number of ketones is 1. The van der Waals surface area contributed by atoms with Gasteiger partial charge in [0.1, 0.15) is 18.1 Å². The van der Waals surface area contributed by atoms with Crippen molar-refractivity contribution in [2.75, 3.05) is 30.4 Å². The summed E-state index contributed by atoms with van der Waals surface area (Å²) >= 11 is 0. The van der Waals surface area contributed by atoms with Gasteiger partial charge in [0.15, 0.2) is 5.78 Å². The summed E-state index contributed by atoms with van der Waals surface area (Å²) in [5, 5.41) is 15.1. The molecule has 5 amide bonds. The first kappa shape index (κ1) is 49.2. The molecule has 69 heavy (non-hydrogen) atoms. The van der Waals surface area contributed by atoms with Gasteiger partial charge >= 0.3 is 0 Å². The zero-order valence-corrected chi connectivity index (χ0v) is 40.4. The van der Waals surface area contributed by atoms with Gasteiger partial charge in [0, 0.05) is 30.6 Å². The minimum atomic E-state index is -0.896. The molecule has 13 nitrogen and oxygen atoms in total. The highest BCUT2D eigenvalue weighted by molar-refractivity contribution is 6.08. The van der Waals surface area contributed by atoms with Crippen molar-refractivity contribution < 1.29 is 28.8 Å². The van der Waals surface area contributed by atoms with Crippen LogP contribution in [-0.2, 0) is 54.5 Å². The second-order valence-corrected chi connectivity index (χ2v) is 19.4. The maximum atomic E-state index is 14.9. The number of aryl methyl sites for hydroxylation is 2. The third-order valence-corrected chi connectivity index (χ3v) is 14.9. The fourth-order valence-corrected chi connectivity index (χ4v) is 11.1. The maximum absolute atomic E-state index is 14.9. The average molecular weight is 936 g/mol. The Hall–Kier alpha value is -6.18. The van der Waals surface area contributed by atoms with Gasteiger partial charge < -0.3 is 26.6 Å². The summed E-state index contributed by atoms with van der Waals surface area (Å²) in [5.41, 5.74) is 8.08. The number of para-hydroxylation sites is 2. The van der Waals surface area contributed by atoms with E-state index in [-0.39, 0.29) is 53.8 Å². The maximum Gasteiger partial charge on any atom is 0.250 e. The van der Waals surface area contributed by atoms with Crippen LogP contribution in [0.3, 0.4) is 0 Å². The van der Waals surface area contributed by atoms with Crippen molar-refractivity contribution in [3.63, 3.8) is 0 Å². The molecule has 5 N–H and O–H groups in total. The van der Waals surface area contributed by atoms with E-state index in [0.29, 0.717) is 69.2 Å². The topological polar surface area (TPSA) is 169 Å². The van der Waals surface area contributed by atoms with Crippen LogP contribution in [0.15, 0.2) is 97.1 Å². The number of anilines is 2. The molecule has 0 spiro atoms. The number of carbonyl (C=O) groups is 6. The van der Waals surface area contributed by atoms with Crippen LogP contribution in [0.2, 0.25) is 0 Å². The van der Waals surface area contributed by atoms with Gasteiger partial charge in [-0.3, -0.25) is 38.6 Å². The molecule has 1 unspecified atom stereocenters. The lowest BCUT2D eigenvalue weighted by Crippen LogP contribution is -2.57. The monoisotopic (exact) mass is 936 g/mol. The van der Waals surface area contributed by atoms with Crippen molar-refractivity contribution in [1.82, 2.24) is 26.6 Å². The Morgan fingerprint density at radius 3 is 1.75 bits per heavy atom. The molecular formula is C56H69N7O6. The first-order chi connectivity index (χ1) is 33.6. The predicted molar refractivity (Wildman–Crippen MR) is 269 cm³/mol. The molecule has 2 aliphatic heterocycles. The number of unbranched alkanes of at least 4 members (excludes halogenated alkanes) is 3. The largest absolute Gasteiger partial charge is 0.347 e. The molecule has 0 saturated carbocycles. The molecule has 364 valence electrons. The molecular weight excluding hydrogens is 867 g/mol. The Labute approximate surface area is 406 Å². The summed E-state index contributed by atoms with van der Waals surface area (Å²) < 4.78 is 0. The van der Waals surface area contributed by atoms with E-state index in [4.69, 9.17) is 0 Å². The van der Waals surface area contributed by atoms with Crippen LogP contribution in [-0.4, -0.2) is 86.2 Å². The smallest absolute Gasteiger partial charge is 0.250 e. The highest BCUT2D eigenvalue weighted by Gasteiger charge is 2.43. The van der Waals surface area contributed by atoms with E-state index in [1.54, 1.807) is 30.8 Å². The third kappa shape index (κ3) is 11.3. The van der Waals surface area contributed by atoms with Crippen molar-refractivity contribution >= 4 is 46.7 Å². The number of Topliss-reactive ketones (excluding diaryl/α,β-unsaturated/α-hetero) is 1. The third-order valence-electron chi connectivity index (χ3n) is 14.9. The zero-order chi connectivity index (χ0) is 48.4. The number of hydrogen-bond donors (Lipinski definition) is 5. The first-order valence-electron chi connectivity index (χ1n) is 25.3. The van der Waals surface area contributed by atoms with Gasteiger partial charge in [0.2, 0.25) is 29.5 Å². The molecule has 13 heteroatoms. The predicted octanol–water partition coefficient (Wildman–Crippen LogP) is 6.31. The van der Waals surface area contributed by atoms with Gasteiger partial charge in [0.25, 0.3) is 0 Å². The van der Waals surface area contributed by atoms with Crippen molar-refractivity contribution in [3.8, 4) is 0 Å². The molecule has 7 atom stereocenters. The molecule has 4 aliphatic rings. The van der Waals surface area contributed by atoms with Crippen LogP contribution in [0.25, 0.3) is 0 Å². The summed E-state index contributed by atoms with van der Waals surface area (Å²) in [6.45, 7) is 1.78. The van der Waals surface area contributed by atoms with Crippen molar-refractivity contribution in [1.29, 1.82) is 0 Å². The number of likely N-dealkylation sites (N-methyl/N-ethyl adjacent to an activating group) is 2. The second-order valence-electron chi connectivity index (χ2n) is 19.4. The molecule has 2 heterocycles. The second kappa shape index (κ2) is 23.0. The Morgan fingerprint density at radius 2 is 1.13 bits per heavy atom. The van der Waals surface area contributed by atoms with Gasteiger partial charge in [-0.1, -0.05) is 111 Å². The Morgan fingerprint density at radius 1 is 0.609 bits per heavy atom. The molecule has 0 bridgehead atoms. The summed E-state index contributed by atoms with van der Waals surface area (Å²) in [6.07, 6.45) is 10.1. The summed E-state index contributed by atoms with van der Waals surface area (Å²) in [6, 6.07) is 27.9. The van der Waals surface area contributed by atoms with Gasteiger partial charge in [-0.25, -0.2) is 0 Å². The highest BCUT2D eigenvalue weighted by atomic mass is 16.2. The fraction of sp³-hybridized carbons (Fsp3) is 0.464. The lowest BCUT2D eigenvalue weighted by molar-refractivity contribution is -0.130. The van der Waals surface area contributed by atoms with Gasteiger partial charge in [0.05, 0.1) is 24.7 Å². The summed E-state index contributed by atoms with van der Waals surface area (Å²) in [4.78, 5) is 88.1. The normalized spacial score (nSPS) is 20.3. The number of nitrogens with one attached hydrogen (secondary N) is 5. The van der Waals surface area contributed by atoms with Crippen LogP contribution in [0.1, 0.15) is 123 Å². The molecule has 0 fully saturated rings. The number of amides is 5. The molecule has 4 aromatic carbocycles. The standard InChI is InChI=1S/C56H69N7O6/c1-36(58-3)53(66)61-46(56(69)63-48-31-15-11-21-41(48)33-50(63)54(67)60-44-29-17-23-38-19-9-13-26-43(38)44)28-7-5-4-6-27-45(59-52(65)35-57-2)55(68)62-47-30-14-10-20-40(47)32-49(62)51(64)34-39-24-16-22-37-18-8-12-25-42(37)39/h8-15,18-21,25-26,30-31,36,39,44-46,49-50,57-58H,4-7,16-17,22-24,27-29,32-35H2,1-3H3,(H,59,65)(H,60,67)(H,61,66)/t36-,39-,44+,45?,46-,49-,50-/m0/s1. The van der Waals surface area contributed by atoms with Gasteiger partial charge in [-0.05, 0) is 124 Å². The number of hydrogen-bond acceptors (Lipinski definition) is 8. The molecule has 0 saturated heterocycles. The van der Waals surface area contributed by atoms with Crippen molar-refractivity contribution in [3.05, 3.63) is 130 Å². The van der Waals surface area contributed by atoms with E-state index in [1.807, 2.05) is 72.8 Å². The fourth-order valence-electron chi connectivity index (χ4n) is 11.1. The highest BCUT2D eigenvalue weighted by Crippen LogP contribution is 2.39. The summed E-state index contributed by atoms with van der Waals surface area (Å²) in [7, 11) is 3.37. The van der Waals surface area contributed by atoms with Crippen molar-refractivity contribution in [2.24, 2.45) is 0 Å². The number of benzene rings is 4. The quantitative estimate of drug-likeness (QED) is 0.0643. The van der Waals surface area contributed by atoms with Crippen LogP contribution < -0.4 is 36.4 Å². The minimum absolute atomic E-state index is 0.0289. The summed E-state index contributed by atoms with van der Waals surface area (Å²) in [5.74, 6) is -1.34. The molecule has 8 rings (SSSR count). The zero-order valence-electron chi connectivity index (χ0n) is 40.4. The number of nitrogens with zero attached hydrogens (tertiary/aromatic N) is 2. The van der Waals surface area contributed by atoms with E-state index in [9.17, 15) is 28.8 Å². The van der Waals surface area contributed by atoms with E-state index in [0.717, 1.165) is 55.2 Å². The average Bonchev–Trinajstić information content (AvgIpc) is 3.96. The lowest BCUT2D eigenvalue weighted by atomic mass is 9.79. The van der Waals surface area contributed by atoms with Gasteiger partial charge in [-0.15, -0.1) is 0 Å². The Kier molecular flexibility index (Phi) is 16.4. The molecule has 0 radical (unpaired) electrons. The van der Waals surface area contributed by atoms with E-state index < -0.39 is 30.2 Å². The Balaban J connectivity index is 0.936. The van der Waals surface area contributed by atoms with E-state index in [2.05, 4.69) is 50.8 Å². The Bertz CT molecular complexity index is 2510. The molecule has 0 aromatic heterocycles. The van der Waals surface area contributed by atoms with Crippen molar-refractivity contribution in [2.45, 2.75) is 145 Å². The minimum Gasteiger partial charge on any atom is -0.347 e. The number of carbonyl (C=O) groups excluding carboxylic acids is 6. The SMILES string of the molecule is CNCC(=O)NC(CCCCCC[C@H](NC(=O)[C@H](C)NC)C(=O)N1c2ccccc2C[C@H]1C(=O)N[C@@H]1CCCc2ccccc21)C(=O)N1c2ccccc2C[C@H]1C(=O)C[C@@H]1CCCc2ccccc21.